The van der Waals surface area contributed by atoms with Crippen molar-refractivity contribution in [1.82, 2.24) is 0 Å². The van der Waals surface area contributed by atoms with E-state index in [2.05, 4.69) is 41.5 Å². The molecule has 0 aliphatic carbocycles. The van der Waals surface area contributed by atoms with Crippen molar-refractivity contribution >= 4 is 34.4 Å². The van der Waals surface area contributed by atoms with Crippen LogP contribution in [0.3, 0.4) is 0 Å². The van der Waals surface area contributed by atoms with Gasteiger partial charge < -0.3 is 0 Å². The molecule has 1 aliphatic rings. The van der Waals surface area contributed by atoms with Crippen LogP contribution in [0.4, 0.5) is 0 Å². The smallest absolute Gasteiger partial charge is 0.000304 e. The van der Waals surface area contributed by atoms with Crippen LogP contribution in [0.15, 0.2) is 0 Å². The van der Waals surface area contributed by atoms with Crippen molar-refractivity contribution in [2.45, 2.75) is 41.5 Å². The average molecular weight is 231 g/mol. The Kier molecular flexibility index (Phi) is 3.40. The summed E-state index contributed by atoms with van der Waals surface area (Å²) in [7, 11) is 4.59. The molecule has 0 N–H and O–H groups in total. The van der Waals surface area contributed by atoms with Gasteiger partial charge in [0.15, 0.2) is 0 Å². The molecular weight excluding hydrogens is 213 g/mol. The van der Waals surface area contributed by atoms with Crippen LogP contribution < -0.4 is 0 Å². The molecule has 0 fully saturated rings. The van der Waals surface area contributed by atoms with E-state index in [4.69, 9.17) is 0 Å². The van der Waals surface area contributed by atoms with Gasteiger partial charge in [0.05, 0.1) is 0 Å². The normalized spacial score (nSPS) is 22.9. The minimum atomic E-state index is 0.392. The predicted octanol–water partition coefficient (Wildman–Crippen LogP) is 5.11. The molecule has 1 rings (SSSR count). The van der Waals surface area contributed by atoms with Gasteiger partial charge in [-0.05, 0) is 35.2 Å². The molecule has 73 valence electrons. The van der Waals surface area contributed by atoms with Crippen molar-refractivity contribution in [2.75, 3.05) is 0 Å². The number of hydrogen-bond acceptors (Lipinski definition) is 0. The lowest BCUT2D eigenvalue weighted by molar-refractivity contribution is 0.606. The first-order valence-corrected chi connectivity index (χ1v) is 7.98. The molecule has 1 aliphatic heterocycles. The van der Waals surface area contributed by atoms with E-state index >= 15 is 0 Å². The highest BCUT2D eigenvalue weighted by atomic mass is 32.0. The third-order valence-corrected chi connectivity index (χ3v) is 9.03. The maximum atomic E-state index is 2.32. The van der Waals surface area contributed by atoms with Gasteiger partial charge in [-0.2, -0.15) is 0 Å². The molecule has 0 atom stereocenters. The monoisotopic (exact) mass is 231 g/mol. The second kappa shape index (κ2) is 3.73. The second-order valence-corrected chi connectivity index (χ2v) is 9.78. The van der Waals surface area contributed by atoms with Crippen LogP contribution in [0.5, 0.6) is 0 Å². The highest BCUT2D eigenvalue weighted by Gasteiger charge is 2.28. The fourth-order valence-electron chi connectivity index (χ4n) is 0.875. The molecule has 0 unspecified atom stereocenters. The average Bonchev–Trinajstić information content (AvgIpc) is 2.28. The number of hydrogen-bond donors (Lipinski definition) is 0. The molecule has 0 aromatic rings. The maximum absolute atomic E-state index is 2.32. The lowest BCUT2D eigenvalue weighted by Gasteiger charge is -2.23. The van der Waals surface area contributed by atoms with Crippen LogP contribution in [-0.4, -0.2) is 10.1 Å². The molecule has 0 bridgehead atoms. The van der Waals surface area contributed by atoms with Crippen LogP contribution in [0, 0.1) is 10.8 Å². The number of rotatable bonds is 0. The fourth-order valence-corrected chi connectivity index (χ4v) is 7.71. The molecule has 0 spiro atoms. The van der Waals surface area contributed by atoms with E-state index in [1.165, 1.54) is 24.4 Å². The van der Waals surface area contributed by atoms with E-state index in [1.807, 2.05) is 0 Å². The van der Waals surface area contributed by atoms with Crippen molar-refractivity contribution in [3.63, 3.8) is 0 Å². The molecule has 13 heavy (non-hydrogen) atoms. The Hall–Kier alpha value is 0.770. The highest BCUT2D eigenvalue weighted by molar-refractivity contribution is 8.25. The van der Waals surface area contributed by atoms with Gasteiger partial charge in [0.2, 0.25) is 0 Å². The molecule has 0 aromatic carbocycles. The van der Waals surface area contributed by atoms with Crippen molar-refractivity contribution in [1.29, 1.82) is 0 Å². The Morgan fingerprint density at radius 2 is 1.00 bits per heavy atom. The first-order valence-electron chi connectivity index (χ1n) is 4.59. The van der Waals surface area contributed by atoms with E-state index in [1.54, 1.807) is 10.1 Å². The van der Waals surface area contributed by atoms with E-state index in [9.17, 15) is 0 Å². The standard InChI is InChI=1S/C10H18P3/c1-9(2,3)7-11-8(13-12-7)10(4,5)6/h1-6H3. The molecule has 0 saturated heterocycles. The Bertz CT molecular complexity index is 233. The van der Waals surface area contributed by atoms with Gasteiger partial charge in [-0.15, -0.1) is 0 Å². The Balaban J connectivity index is 2.71. The van der Waals surface area contributed by atoms with Crippen LogP contribution in [-0.2, 0) is 0 Å². The molecule has 0 saturated carbocycles. The summed E-state index contributed by atoms with van der Waals surface area (Å²) < 4.78 is 0. The van der Waals surface area contributed by atoms with Crippen molar-refractivity contribution in [3.05, 3.63) is 0 Å². The van der Waals surface area contributed by atoms with Gasteiger partial charge in [-0.1, -0.05) is 41.5 Å². The van der Waals surface area contributed by atoms with Crippen LogP contribution in [0.2, 0.25) is 0 Å². The van der Waals surface area contributed by atoms with Crippen molar-refractivity contribution in [3.8, 4) is 0 Å². The fraction of sp³-hybridized carbons (Fsp3) is 0.800. The van der Waals surface area contributed by atoms with Gasteiger partial charge in [-0.25, -0.2) is 0 Å². The summed E-state index contributed by atoms with van der Waals surface area (Å²) in [5.74, 6) is 0. The van der Waals surface area contributed by atoms with Gasteiger partial charge >= 0.3 is 0 Å². The van der Waals surface area contributed by atoms with E-state index in [0.29, 0.717) is 10.8 Å². The summed E-state index contributed by atoms with van der Waals surface area (Å²) in [6.45, 7) is 13.9. The first kappa shape index (κ1) is 11.8. The summed E-state index contributed by atoms with van der Waals surface area (Å²) >= 11 is 0. The van der Waals surface area contributed by atoms with E-state index in [-0.39, 0.29) is 0 Å². The second-order valence-electron chi connectivity index (χ2n) is 5.46. The van der Waals surface area contributed by atoms with Crippen molar-refractivity contribution < 1.29 is 0 Å². The zero-order chi connectivity index (χ0) is 10.3. The van der Waals surface area contributed by atoms with E-state index < -0.39 is 0 Å². The Morgan fingerprint density at radius 1 is 0.692 bits per heavy atom. The zero-order valence-corrected chi connectivity index (χ0v) is 12.0. The largest absolute Gasteiger partial charge is 0.0557 e. The van der Waals surface area contributed by atoms with Gasteiger partial charge in [-0.3, -0.25) is 0 Å². The summed E-state index contributed by atoms with van der Waals surface area (Å²) in [6, 6.07) is 0. The third-order valence-electron chi connectivity index (χ3n) is 1.79. The molecular formula is C10H18P3. The SMILES string of the molecule is CC(C)(C)C1=PP=C(C(C)(C)C)[P]1. The first-order chi connectivity index (χ1) is 5.71. The summed E-state index contributed by atoms with van der Waals surface area (Å²) in [5, 5.41) is 3.36. The van der Waals surface area contributed by atoms with Gasteiger partial charge in [0.25, 0.3) is 0 Å². The summed E-state index contributed by atoms with van der Waals surface area (Å²) in [4.78, 5) is 0. The maximum Gasteiger partial charge on any atom is 0.000304 e. The molecule has 3 heteroatoms. The van der Waals surface area contributed by atoms with Crippen molar-refractivity contribution in [2.24, 2.45) is 10.8 Å². The Labute approximate surface area is 87.2 Å². The van der Waals surface area contributed by atoms with Gasteiger partial charge in [0.1, 0.15) is 0 Å². The predicted molar refractivity (Wildman–Crippen MR) is 69.7 cm³/mol. The minimum absolute atomic E-state index is 0.392. The summed E-state index contributed by atoms with van der Waals surface area (Å²) in [6.07, 6.45) is 0. The quantitative estimate of drug-likeness (QED) is 0.508. The van der Waals surface area contributed by atoms with Crippen LogP contribution >= 0.6 is 24.4 Å². The highest BCUT2D eigenvalue weighted by Crippen LogP contribution is 2.52. The molecule has 0 nitrogen and oxygen atoms in total. The zero-order valence-electron chi connectivity index (χ0n) is 9.34. The molecule has 1 radical (unpaired) electrons. The molecule has 0 aromatic heterocycles. The lowest BCUT2D eigenvalue weighted by Crippen LogP contribution is -2.18. The third kappa shape index (κ3) is 3.13. The lowest BCUT2D eigenvalue weighted by atomic mass is 10.00. The molecule has 1 heterocycles. The Morgan fingerprint density at radius 3 is 1.15 bits per heavy atom. The van der Waals surface area contributed by atoms with Crippen LogP contribution in [0.25, 0.3) is 0 Å². The van der Waals surface area contributed by atoms with Crippen LogP contribution in [0.1, 0.15) is 41.5 Å². The minimum Gasteiger partial charge on any atom is -0.0557 e. The topological polar surface area (TPSA) is 0 Å². The summed E-state index contributed by atoms with van der Waals surface area (Å²) in [5.41, 5.74) is 0.784. The van der Waals surface area contributed by atoms with Gasteiger partial charge in [0, 0.05) is 10.1 Å². The molecule has 0 amide bonds. The van der Waals surface area contributed by atoms with E-state index in [0.717, 1.165) is 0 Å².